The van der Waals surface area contributed by atoms with Crippen LogP contribution in [0.4, 0.5) is 0 Å². The minimum absolute atomic E-state index is 0.00833. The molecular formula is C31H38N4O8. The molecule has 3 aliphatic carbocycles. The molecule has 0 aliphatic heterocycles. The second-order valence-corrected chi connectivity index (χ2v) is 13.3. The number of nitrogens with zero attached hydrogens (tertiary/aromatic N) is 2. The van der Waals surface area contributed by atoms with Crippen LogP contribution in [0.3, 0.4) is 0 Å². The molecule has 12 heteroatoms. The Hall–Kier alpha value is -3.74. The van der Waals surface area contributed by atoms with Crippen LogP contribution in [-0.2, 0) is 22.6 Å². The average Bonchev–Trinajstić information content (AvgIpc) is 2.89. The summed E-state index contributed by atoms with van der Waals surface area (Å²) in [5, 5.41) is 48.9. The Labute approximate surface area is 248 Å². The molecule has 1 aromatic carbocycles. The summed E-state index contributed by atoms with van der Waals surface area (Å²) in [7, 11) is 0. The number of phenolic OH excluding ortho intramolecular Hbond substituents is 1. The molecule has 1 heterocycles. The monoisotopic (exact) mass is 594 g/mol. The van der Waals surface area contributed by atoms with Crippen LogP contribution >= 0.6 is 0 Å². The van der Waals surface area contributed by atoms with Gasteiger partial charge in [0.25, 0.3) is 5.91 Å². The minimum atomic E-state index is -2.57. The molecule has 12 nitrogen and oxygen atoms in total. The van der Waals surface area contributed by atoms with E-state index in [1.165, 1.54) is 18.5 Å². The summed E-state index contributed by atoms with van der Waals surface area (Å²) in [6.07, 6.45) is -1.99. The van der Waals surface area contributed by atoms with Crippen LogP contribution in [0.2, 0.25) is 0 Å². The quantitative estimate of drug-likeness (QED) is 0.265. The first kappa shape index (κ1) is 30.7. The maximum absolute atomic E-state index is 14.2. The van der Waals surface area contributed by atoms with Crippen molar-refractivity contribution in [1.29, 1.82) is 0 Å². The molecule has 2 unspecified atom stereocenters. The lowest BCUT2D eigenvalue weighted by molar-refractivity contribution is -0.265. The fourth-order valence-electron chi connectivity index (χ4n) is 8.60. The predicted octanol–water partition coefficient (Wildman–Crippen LogP) is 0.601. The number of fused-ring (bicyclic) bond motifs is 3. The number of carbonyl (C=O) groups is 4. The van der Waals surface area contributed by atoms with Gasteiger partial charge in [0, 0.05) is 17.7 Å². The van der Waals surface area contributed by atoms with Crippen molar-refractivity contribution in [2.24, 2.45) is 40.2 Å². The largest absolute Gasteiger partial charge is 0.507 e. The Balaban J connectivity index is 1.59. The standard InChI is InChI=1S/C31H38N4O8/c1-13(2)21-24(38)20(27(32)41)25(39)31(43)26(40)22-23(37)19-16(9-29(22,4)11-30(21,31)5)15(6-7-18(19)36)10-33-28(42)17-8-14(3)34-12-35-17/h6-8,12-13,20-22,24,26,36,38,40,43H,9-11H2,1-5H3,(H2,32,41)(H,33,42)/t20-,21+,22-,24?,26?,29-,30-,31+/m1/s1. The third-order valence-corrected chi connectivity index (χ3v) is 10.2. The SMILES string of the molecule is Cc1cc(C(=O)NCc2ccc(O)c3c2C[C@]2(C)C[C@]4(C)[C@@H](C(C)C)C(O)[C@@H](C(N)=O)C(=O)[C@]4(O)C(O)[C@H]2C3=O)ncn1. The first-order chi connectivity index (χ1) is 20.0. The molecule has 5 rings (SSSR count). The van der Waals surface area contributed by atoms with E-state index in [1.54, 1.807) is 40.7 Å². The van der Waals surface area contributed by atoms with Gasteiger partial charge in [-0.15, -0.1) is 0 Å². The van der Waals surface area contributed by atoms with Crippen molar-refractivity contribution in [1.82, 2.24) is 15.3 Å². The zero-order chi connectivity index (χ0) is 31.8. The van der Waals surface area contributed by atoms with Gasteiger partial charge in [-0.05, 0) is 60.3 Å². The number of hydrogen-bond acceptors (Lipinski definition) is 10. The molecule has 0 radical (unpaired) electrons. The van der Waals surface area contributed by atoms with E-state index >= 15 is 0 Å². The van der Waals surface area contributed by atoms with Crippen molar-refractivity contribution in [2.45, 2.75) is 71.8 Å². The Bertz CT molecular complexity index is 1540. The van der Waals surface area contributed by atoms with Gasteiger partial charge in [-0.25, -0.2) is 9.97 Å². The summed E-state index contributed by atoms with van der Waals surface area (Å²) in [5.41, 5.74) is 2.19. The molecule has 0 bridgehead atoms. The summed E-state index contributed by atoms with van der Waals surface area (Å²) in [4.78, 5) is 61.1. The van der Waals surface area contributed by atoms with Gasteiger partial charge in [0.2, 0.25) is 5.91 Å². The number of amides is 2. The number of aromatic hydroxyl groups is 1. The van der Waals surface area contributed by atoms with E-state index in [2.05, 4.69) is 15.3 Å². The van der Waals surface area contributed by atoms with E-state index in [4.69, 9.17) is 5.73 Å². The number of aromatic nitrogens is 2. The molecular weight excluding hydrogens is 556 g/mol. The Kier molecular flexibility index (Phi) is 7.26. The van der Waals surface area contributed by atoms with Gasteiger partial charge in [0.1, 0.15) is 29.8 Å². The van der Waals surface area contributed by atoms with Gasteiger partial charge in [0.05, 0.1) is 17.6 Å². The van der Waals surface area contributed by atoms with Crippen LogP contribution in [-0.4, -0.2) is 71.6 Å². The molecule has 0 spiro atoms. The highest BCUT2D eigenvalue weighted by Gasteiger charge is 2.75. The highest BCUT2D eigenvalue weighted by atomic mass is 16.4. The van der Waals surface area contributed by atoms with E-state index in [1.807, 2.05) is 0 Å². The third-order valence-electron chi connectivity index (χ3n) is 10.2. The van der Waals surface area contributed by atoms with Crippen molar-refractivity contribution in [2.75, 3.05) is 0 Å². The molecule has 2 saturated carbocycles. The van der Waals surface area contributed by atoms with Gasteiger partial charge < -0.3 is 31.5 Å². The predicted molar refractivity (Wildman–Crippen MR) is 151 cm³/mol. The lowest BCUT2D eigenvalue weighted by Crippen LogP contribution is -2.79. The lowest BCUT2D eigenvalue weighted by Gasteiger charge is -2.66. The highest BCUT2D eigenvalue weighted by Crippen LogP contribution is 2.65. The van der Waals surface area contributed by atoms with Crippen LogP contribution < -0.4 is 11.1 Å². The van der Waals surface area contributed by atoms with E-state index in [0.29, 0.717) is 16.8 Å². The van der Waals surface area contributed by atoms with Gasteiger partial charge >= 0.3 is 0 Å². The third kappa shape index (κ3) is 4.29. The summed E-state index contributed by atoms with van der Waals surface area (Å²) < 4.78 is 0. The Morgan fingerprint density at radius 1 is 1.16 bits per heavy atom. The number of benzene rings is 1. The molecule has 7 N–H and O–H groups in total. The summed E-state index contributed by atoms with van der Waals surface area (Å²) in [5.74, 6) is -7.96. The van der Waals surface area contributed by atoms with Crippen molar-refractivity contribution < 1.29 is 39.6 Å². The maximum Gasteiger partial charge on any atom is 0.270 e. The van der Waals surface area contributed by atoms with Gasteiger partial charge in [-0.2, -0.15) is 0 Å². The first-order valence-electron chi connectivity index (χ1n) is 14.4. The van der Waals surface area contributed by atoms with Crippen molar-refractivity contribution in [3.63, 3.8) is 0 Å². The summed E-state index contributed by atoms with van der Waals surface area (Å²) >= 11 is 0. The van der Waals surface area contributed by atoms with Crippen LogP contribution in [0.1, 0.15) is 71.8 Å². The molecule has 3 aliphatic rings. The summed E-state index contributed by atoms with van der Waals surface area (Å²) in [6.45, 7) is 8.69. The normalized spacial score (nSPS) is 35.1. The van der Waals surface area contributed by atoms with E-state index in [9.17, 15) is 39.6 Å². The molecule has 2 fully saturated rings. The van der Waals surface area contributed by atoms with Crippen LogP contribution in [0.5, 0.6) is 5.75 Å². The van der Waals surface area contributed by atoms with E-state index in [0.717, 1.165) is 0 Å². The number of nitrogens with two attached hydrogens (primary N) is 1. The maximum atomic E-state index is 14.2. The number of aliphatic hydroxyl groups is 3. The summed E-state index contributed by atoms with van der Waals surface area (Å²) in [6, 6.07) is 4.47. The molecule has 2 amide bonds. The van der Waals surface area contributed by atoms with Crippen molar-refractivity contribution in [3.05, 3.63) is 52.6 Å². The zero-order valence-electron chi connectivity index (χ0n) is 24.8. The topological polar surface area (TPSA) is 213 Å². The number of hydrogen-bond donors (Lipinski definition) is 6. The number of phenols is 1. The number of primary amides is 1. The van der Waals surface area contributed by atoms with Gasteiger partial charge in [0.15, 0.2) is 17.2 Å². The molecule has 43 heavy (non-hydrogen) atoms. The molecule has 230 valence electrons. The van der Waals surface area contributed by atoms with Crippen molar-refractivity contribution >= 4 is 23.4 Å². The first-order valence-corrected chi connectivity index (χ1v) is 14.4. The smallest absolute Gasteiger partial charge is 0.270 e. The van der Waals surface area contributed by atoms with Gasteiger partial charge in [-0.3, -0.25) is 19.2 Å². The zero-order valence-corrected chi connectivity index (χ0v) is 24.8. The number of aliphatic hydroxyl groups excluding tert-OH is 2. The van der Waals surface area contributed by atoms with Crippen LogP contribution in [0, 0.1) is 41.4 Å². The number of rotatable bonds is 5. The molecule has 8 atom stereocenters. The van der Waals surface area contributed by atoms with Crippen LogP contribution in [0.25, 0.3) is 0 Å². The number of Topliss-reactive ketones (excluding diaryl/α,β-unsaturated/α-hetero) is 2. The fourth-order valence-corrected chi connectivity index (χ4v) is 8.60. The Morgan fingerprint density at radius 3 is 2.44 bits per heavy atom. The molecule has 2 aromatic rings. The van der Waals surface area contributed by atoms with Crippen LogP contribution in [0.15, 0.2) is 24.5 Å². The fraction of sp³-hybridized carbons (Fsp3) is 0.548. The van der Waals surface area contributed by atoms with E-state index < -0.39 is 69.8 Å². The second-order valence-electron chi connectivity index (χ2n) is 13.3. The number of ketones is 2. The Morgan fingerprint density at radius 2 is 1.84 bits per heavy atom. The minimum Gasteiger partial charge on any atom is -0.507 e. The second kappa shape index (κ2) is 10.2. The highest BCUT2D eigenvalue weighted by molar-refractivity contribution is 6.09. The number of nitrogens with one attached hydrogen (secondary N) is 1. The van der Waals surface area contributed by atoms with Gasteiger partial charge in [-0.1, -0.05) is 33.8 Å². The van der Waals surface area contributed by atoms with E-state index in [-0.39, 0.29) is 42.3 Å². The van der Waals surface area contributed by atoms with Crippen molar-refractivity contribution in [3.8, 4) is 5.75 Å². The average molecular weight is 595 g/mol. The number of carbonyl (C=O) groups excluding carboxylic acids is 4. The lowest BCUT2D eigenvalue weighted by atomic mass is 9.39. The molecule has 0 saturated heterocycles. The number of aryl methyl sites for hydroxylation is 1. The molecule has 1 aromatic heterocycles.